The molecule has 3 rings (SSSR count). The Balaban J connectivity index is 1.75. The molecular formula is C22H31NO5. The first-order chi connectivity index (χ1) is 13.5. The van der Waals surface area contributed by atoms with E-state index in [0.29, 0.717) is 30.9 Å². The molecule has 6 heteroatoms. The molecule has 1 amide bonds. The molecular weight excluding hydrogens is 358 g/mol. The highest BCUT2D eigenvalue weighted by Crippen LogP contribution is 2.40. The number of carbonyl (C=O) groups is 2. The summed E-state index contributed by atoms with van der Waals surface area (Å²) in [4.78, 5) is 26.2. The average molecular weight is 389 g/mol. The highest BCUT2D eigenvalue weighted by molar-refractivity contribution is 5.78. The number of hydrogen-bond acceptors (Lipinski definition) is 4. The molecule has 1 aliphatic heterocycles. The minimum absolute atomic E-state index is 0.0599. The summed E-state index contributed by atoms with van der Waals surface area (Å²) in [5.74, 6) is 1.11. The van der Waals surface area contributed by atoms with Crippen molar-refractivity contribution in [1.29, 1.82) is 0 Å². The summed E-state index contributed by atoms with van der Waals surface area (Å²) in [5.41, 5.74) is 1.88. The molecule has 1 atom stereocenters. The second-order valence-electron chi connectivity index (χ2n) is 7.90. The maximum Gasteiger partial charge on any atom is 0.305 e. The monoisotopic (exact) mass is 389 g/mol. The Morgan fingerprint density at radius 3 is 2.46 bits per heavy atom. The molecule has 0 aromatic heterocycles. The number of amides is 1. The first kappa shape index (κ1) is 20.5. The predicted octanol–water partition coefficient (Wildman–Crippen LogP) is 3.96. The van der Waals surface area contributed by atoms with Gasteiger partial charge in [0.25, 0.3) is 0 Å². The van der Waals surface area contributed by atoms with Crippen LogP contribution in [0.3, 0.4) is 0 Å². The van der Waals surface area contributed by atoms with E-state index in [4.69, 9.17) is 9.47 Å². The van der Waals surface area contributed by atoms with Crippen LogP contribution in [0, 0.1) is 5.92 Å². The molecule has 0 spiro atoms. The third kappa shape index (κ3) is 4.59. The lowest BCUT2D eigenvalue weighted by Gasteiger charge is -2.37. The molecule has 1 aromatic rings. The number of carboxylic acids is 1. The van der Waals surface area contributed by atoms with E-state index in [1.165, 1.54) is 25.7 Å². The quantitative estimate of drug-likeness (QED) is 0.728. The van der Waals surface area contributed by atoms with E-state index < -0.39 is 12.0 Å². The van der Waals surface area contributed by atoms with Crippen LogP contribution in [0.2, 0.25) is 0 Å². The predicted molar refractivity (Wildman–Crippen MR) is 106 cm³/mol. The minimum Gasteiger partial charge on any atom is -0.493 e. The van der Waals surface area contributed by atoms with E-state index in [1.807, 2.05) is 12.1 Å². The topological polar surface area (TPSA) is 76.1 Å². The average Bonchev–Trinajstić information content (AvgIpc) is 3.20. The Hall–Kier alpha value is -2.24. The van der Waals surface area contributed by atoms with Gasteiger partial charge in [0.1, 0.15) is 0 Å². The molecule has 1 aliphatic carbocycles. The number of nitrogens with zero attached hydrogens (tertiary/aromatic N) is 1. The van der Waals surface area contributed by atoms with E-state index in [-0.39, 0.29) is 12.3 Å². The number of ether oxygens (including phenoxy) is 2. The zero-order valence-corrected chi connectivity index (χ0v) is 16.9. The molecule has 1 saturated carbocycles. The van der Waals surface area contributed by atoms with Crippen molar-refractivity contribution in [3.63, 3.8) is 0 Å². The third-order valence-electron chi connectivity index (χ3n) is 6.17. The Morgan fingerprint density at radius 1 is 1.14 bits per heavy atom. The summed E-state index contributed by atoms with van der Waals surface area (Å²) in [6.07, 6.45) is 8.28. The summed E-state index contributed by atoms with van der Waals surface area (Å²) < 4.78 is 10.8. The second kappa shape index (κ2) is 9.30. The van der Waals surface area contributed by atoms with Crippen molar-refractivity contribution in [1.82, 2.24) is 4.90 Å². The standard InChI is InChI=1S/C22H31NO5/c1-27-19-12-16-10-11-23(21(24)9-5-8-15-6-3-4-7-15)18(14-22(25)26)17(16)13-20(19)28-2/h12-13,15,18H,3-11,14H2,1-2H3,(H,25,26). The molecule has 1 unspecified atom stereocenters. The fraction of sp³-hybridized carbons (Fsp3) is 0.636. The molecule has 1 N–H and O–H groups in total. The van der Waals surface area contributed by atoms with Crippen LogP contribution >= 0.6 is 0 Å². The number of hydrogen-bond donors (Lipinski definition) is 1. The van der Waals surface area contributed by atoms with Gasteiger partial charge < -0.3 is 19.5 Å². The summed E-state index contributed by atoms with van der Waals surface area (Å²) >= 11 is 0. The molecule has 1 heterocycles. The Bertz CT molecular complexity index is 711. The molecule has 2 aliphatic rings. The number of methoxy groups -OCH3 is 2. The van der Waals surface area contributed by atoms with Crippen LogP contribution in [0.15, 0.2) is 12.1 Å². The SMILES string of the molecule is COc1cc2c(cc1OC)C(CC(=O)O)N(C(=O)CCCC1CCCC1)CC2. The molecule has 0 saturated heterocycles. The van der Waals surface area contributed by atoms with Gasteiger partial charge in [0.2, 0.25) is 5.91 Å². The van der Waals surface area contributed by atoms with E-state index in [0.717, 1.165) is 29.9 Å². The second-order valence-corrected chi connectivity index (χ2v) is 7.90. The third-order valence-corrected chi connectivity index (χ3v) is 6.17. The number of aliphatic carboxylic acids is 1. The fourth-order valence-corrected chi connectivity index (χ4v) is 4.70. The van der Waals surface area contributed by atoms with Crippen molar-refractivity contribution in [2.75, 3.05) is 20.8 Å². The Morgan fingerprint density at radius 2 is 1.82 bits per heavy atom. The smallest absolute Gasteiger partial charge is 0.305 e. The number of rotatable bonds is 8. The van der Waals surface area contributed by atoms with Gasteiger partial charge in [-0.25, -0.2) is 0 Å². The molecule has 154 valence electrons. The van der Waals surface area contributed by atoms with Crippen LogP contribution in [0.5, 0.6) is 11.5 Å². The highest BCUT2D eigenvalue weighted by atomic mass is 16.5. The first-order valence-electron chi connectivity index (χ1n) is 10.3. The van der Waals surface area contributed by atoms with Crippen LogP contribution in [0.4, 0.5) is 0 Å². The Kier molecular flexibility index (Phi) is 6.81. The van der Waals surface area contributed by atoms with E-state index >= 15 is 0 Å². The first-order valence-corrected chi connectivity index (χ1v) is 10.3. The maximum absolute atomic E-state index is 12.9. The van der Waals surface area contributed by atoms with E-state index in [9.17, 15) is 14.7 Å². The van der Waals surface area contributed by atoms with Gasteiger partial charge in [0, 0.05) is 13.0 Å². The molecule has 0 bridgehead atoms. The van der Waals surface area contributed by atoms with Crippen molar-refractivity contribution in [3.05, 3.63) is 23.3 Å². The van der Waals surface area contributed by atoms with Gasteiger partial charge in [-0.1, -0.05) is 25.7 Å². The lowest BCUT2D eigenvalue weighted by atomic mass is 9.89. The normalized spacial score (nSPS) is 19.4. The van der Waals surface area contributed by atoms with Crippen molar-refractivity contribution < 1.29 is 24.2 Å². The van der Waals surface area contributed by atoms with Crippen molar-refractivity contribution in [3.8, 4) is 11.5 Å². The maximum atomic E-state index is 12.9. The van der Waals surface area contributed by atoms with Gasteiger partial charge in [0.15, 0.2) is 11.5 Å². The van der Waals surface area contributed by atoms with Crippen molar-refractivity contribution >= 4 is 11.9 Å². The zero-order valence-electron chi connectivity index (χ0n) is 16.9. The van der Waals surface area contributed by atoms with Gasteiger partial charge in [-0.2, -0.15) is 0 Å². The Labute approximate surface area is 166 Å². The summed E-state index contributed by atoms with van der Waals surface area (Å²) in [5, 5.41) is 9.44. The van der Waals surface area contributed by atoms with Crippen molar-refractivity contribution in [2.45, 2.75) is 63.8 Å². The number of carbonyl (C=O) groups excluding carboxylic acids is 1. The van der Waals surface area contributed by atoms with Gasteiger partial charge in [0.05, 0.1) is 26.7 Å². The summed E-state index contributed by atoms with van der Waals surface area (Å²) in [6.45, 7) is 0.544. The molecule has 28 heavy (non-hydrogen) atoms. The summed E-state index contributed by atoms with van der Waals surface area (Å²) in [7, 11) is 3.15. The number of benzene rings is 1. The zero-order chi connectivity index (χ0) is 20.1. The molecule has 1 aromatic carbocycles. The highest BCUT2D eigenvalue weighted by Gasteiger charge is 2.33. The van der Waals surface area contributed by atoms with Crippen LogP contribution < -0.4 is 9.47 Å². The van der Waals surface area contributed by atoms with E-state index in [1.54, 1.807) is 19.1 Å². The van der Waals surface area contributed by atoms with Crippen LogP contribution in [0.25, 0.3) is 0 Å². The van der Waals surface area contributed by atoms with Crippen molar-refractivity contribution in [2.24, 2.45) is 5.92 Å². The van der Waals surface area contributed by atoms with E-state index in [2.05, 4.69) is 0 Å². The van der Waals surface area contributed by atoms with Gasteiger partial charge in [-0.3, -0.25) is 9.59 Å². The number of carboxylic acid groups (broad SMARTS) is 1. The number of fused-ring (bicyclic) bond motifs is 1. The van der Waals surface area contributed by atoms with Gasteiger partial charge >= 0.3 is 5.97 Å². The van der Waals surface area contributed by atoms with Crippen LogP contribution in [-0.4, -0.2) is 42.6 Å². The lowest BCUT2D eigenvalue weighted by molar-refractivity contribution is -0.141. The largest absolute Gasteiger partial charge is 0.493 e. The van der Waals surface area contributed by atoms with Gasteiger partial charge in [-0.05, 0) is 48.4 Å². The molecule has 0 radical (unpaired) electrons. The van der Waals surface area contributed by atoms with Crippen LogP contribution in [0.1, 0.15) is 68.5 Å². The lowest BCUT2D eigenvalue weighted by Crippen LogP contribution is -2.41. The molecule has 6 nitrogen and oxygen atoms in total. The minimum atomic E-state index is -0.906. The summed E-state index contributed by atoms with van der Waals surface area (Å²) in [6, 6.07) is 3.28. The molecule has 1 fully saturated rings. The fourth-order valence-electron chi connectivity index (χ4n) is 4.70. The van der Waals surface area contributed by atoms with Crippen LogP contribution in [-0.2, 0) is 16.0 Å². The van der Waals surface area contributed by atoms with Gasteiger partial charge in [-0.15, -0.1) is 0 Å².